The van der Waals surface area contributed by atoms with Crippen molar-refractivity contribution >= 4 is 57.4 Å². The van der Waals surface area contributed by atoms with Gasteiger partial charge in [-0.2, -0.15) is 0 Å². The Morgan fingerprint density at radius 3 is 2.27 bits per heavy atom. The van der Waals surface area contributed by atoms with Crippen LogP contribution in [0, 0.1) is 5.92 Å². The SMILES string of the molecule is O=C(O)CC1CCCCC1.[K]. The van der Waals surface area contributed by atoms with Gasteiger partial charge in [-0.3, -0.25) is 4.79 Å². The Hall–Kier alpha value is 1.11. The molecule has 0 aromatic heterocycles. The van der Waals surface area contributed by atoms with Crippen molar-refractivity contribution in [3.05, 3.63) is 0 Å². The molecule has 2 nitrogen and oxygen atoms in total. The predicted octanol–water partition coefficient (Wildman–Crippen LogP) is 1.66. The first-order valence-corrected chi connectivity index (χ1v) is 4.01. The second kappa shape index (κ2) is 6.60. The van der Waals surface area contributed by atoms with E-state index in [2.05, 4.69) is 0 Å². The summed E-state index contributed by atoms with van der Waals surface area (Å²) >= 11 is 0. The Kier molecular flexibility index (Phi) is 7.27. The Morgan fingerprint density at radius 2 is 1.82 bits per heavy atom. The number of carboxylic acid groups (broad SMARTS) is 1. The molecule has 0 aliphatic heterocycles. The number of aliphatic carboxylic acids is 1. The molecule has 1 aliphatic carbocycles. The number of rotatable bonds is 2. The second-order valence-corrected chi connectivity index (χ2v) is 3.10. The zero-order valence-electron chi connectivity index (χ0n) is 7.18. The predicted molar refractivity (Wildman–Crippen MR) is 44.6 cm³/mol. The van der Waals surface area contributed by atoms with E-state index >= 15 is 0 Å². The molecule has 1 rings (SSSR count). The minimum atomic E-state index is -0.632. The van der Waals surface area contributed by atoms with Crippen molar-refractivity contribution in [2.24, 2.45) is 5.92 Å². The third kappa shape index (κ3) is 5.36. The maximum absolute atomic E-state index is 10.3. The summed E-state index contributed by atoms with van der Waals surface area (Å²) in [5.74, 6) is -0.154. The van der Waals surface area contributed by atoms with Crippen LogP contribution < -0.4 is 0 Å². The number of hydrogen-bond donors (Lipinski definition) is 1. The fourth-order valence-corrected chi connectivity index (χ4v) is 1.64. The molecule has 0 amide bonds. The van der Waals surface area contributed by atoms with Crippen molar-refractivity contribution in [2.45, 2.75) is 38.5 Å². The van der Waals surface area contributed by atoms with Gasteiger partial charge in [-0.15, -0.1) is 0 Å². The van der Waals surface area contributed by atoms with E-state index < -0.39 is 5.97 Å². The van der Waals surface area contributed by atoms with Crippen molar-refractivity contribution in [1.82, 2.24) is 0 Å². The molecule has 1 saturated carbocycles. The summed E-state index contributed by atoms with van der Waals surface area (Å²) < 4.78 is 0. The van der Waals surface area contributed by atoms with E-state index in [-0.39, 0.29) is 51.4 Å². The first-order chi connectivity index (χ1) is 4.79. The van der Waals surface area contributed by atoms with Crippen molar-refractivity contribution in [3.63, 3.8) is 0 Å². The van der Waals surface area contributed by atoms with Crippen LogP contribution in [-0.4, -0.2) is 62.5 Å². The minimum absolute atomic E-state index is 0. The van der Waals surface area contributed by atoms with Crippen LogP contribution in [0.15, 0.2) is 0 Å². The van der Waals surface area contributed by atoms with Crippen LogP contribution in [-0.2, 0) is 4.79 Å². The zero-order valence-corrected chi connectivity index (χ0v) is 10.3. The average Bonchev–Trinajstić information content (AvgIpc) is 1.88. The Morgan fingerprint density at radius 1 is 1.27 bits per heavy atom. The van der Waals surface area contributed by atoms with Gasteiger partial charge in [0.2, 0.25) is 0 Å². The second-order valence-electron chi connectivity index (χ2n) is 3.10. The van der Waals surface area contributed by atoms with E-state index in [1.54, 1.807) is 0 Å². The zero-order chi connectivity index (χ0) is 7.40. The first kappa shape index (κ1) is 12.1. The number of carbonyl (C=O) groups is 1. The van der Waals surface area contributed by atoms with Crippen molar-refractivity contribution in [3.8, 4) is 0 Å². The molecule has 0 unspecified atom stereocenters. The molecule has 3 heteroatoms. The molecule has 0 heterocycles. The fourth-order valence-electron chi connectivity index (χ4n) is 1.64. The summed E-state index contributed by atoms with van der Waals surface area (Å²) in [7, 11) is 0. The van der Waals surface area contributed by atoms with E-state index in [1.807, 2.05) is 0 Å². The summed E-state index contributed by atoms with van der Waals surface area (Å²) in [6.45, 7) is 0. The summed E-state index contributed by atoms with van der Waals surface area (Å²) in [4.78, 5) is 10.3. The Bertz CT molecular complexity index is 119. The molecule has 1 radical (unpaired) electrons. The maximum atomic E-state index is 10.3. The van der Waals surface area contributed by atoms with Gasteiger partial charge in [0.15, 0.2) is 0 Å². The van der Waals surface area contributed by atoms with E-state index in [9.17, 15) is 4.79 Å². The van der Waals surface area contributed by atoms with E-state index in [1.165, 1.54) is 19.3 Å². The van der Waals surface area contributed by atoms with Crippen molar-refractivity contribution in [1.29, 1.82) is 0 Å². The minimum Gasteiger partial charge on any atom is -0.481 e. The summed E-state index contributed by atoms with van der Waals surface area (Å²) in [6, 6.07) is 0. The molecule has 0 spiro atoms. The molecule has 1 fully saturated rings. The number of carboxylic acids is 1. The van der Waals surface area contributed by atoms with E-state index in [0.717, 1.165) is 12.8 Å². The topological polar surface area (TPSA) is 37.3 Å². The van der Waals surface area contributed by atoms with Crippen LogP contribution >= 0.6 is 0 Å². The molecule has 11 heavy (non-hydrogen) atoms. The molecule has 0 atom stereocenters. The summed E-state index contributed by atoms with van der Waals surface area (Å²) in [6.07, 6.45) is 6.42. The van der Waals surface area contributed by atoms with Gasteiger partial charge in [0.05, 0.1) is 0 Å². The van der Waals surface area contributed by atoms with Crippen LogP contribution in [0.1, 0.15) is 38.5 Å². The third-order valence-electron chi connectivity index (χ3n) is 2.19. The smallest absolute Gasteiger partial charge is 0.303 e. The quantitative estimate of drug-likeness (QED) is 0.658. The summed E-state index contributed by atoms with van der Waals surface area (Å²) in [5, 5.41) is 8.47. The maximum Gasteiger partial charge on any atom is 0.303 e. The van der Waals surface area contributed by atoms with Gasteiger partial charge < -0.3 is 5.11 Å². The molecule has 1 N–H and O–H groups in total. The van der Waals surface area contributed by atoms with Gasteiger partial charge in [0.25, 0.3) is 0 Å². The van der Waals surface area contributed by atoms with Crippen LogP contribution in [0.5, 0.6) is 0 Å². The van der Waals surface area contributed by atoms with Gasteiger partial charge in [-0.1, -0.05) is 19.3 Å². The largest absolute Gasteiger partial charge is 0.481 e. The van der Waals surface area contributed by atoms with Gasteiger partial charge in [0.1, 0.15) is 0 Å². The normalized spacial score (nSPS) is 18.9. The molecular formula is C8H14KO2. The fraction of sp³-hybridized carbons (Fsp3) is 0.875. The van der Waals surface area contributed by atoms with Crippen LogP contribution in [0.2, 0.25) is 0 Å². The summed E-state index contributed by atoms with van der Waals surface area (Å²) in [5.41, 5.74) is 0. The molecule has 1 aliphatic rings. The molecule has 59 valence electrons. The number of hydrogen-bond acceptors (Lipinski definition) is 1. The van der Waals surface area contributed by atoms with Gasteiger partial charge in [-0.05, 0) is 18.8 Å². The van der Waals surface area contributed by atoms with E-state index in [4.69, 9.17) is 5.11 Å². The molecule has 0 aromatic carbocycles. The van der Waals surface area contributed by atoms with Crippen molar-refractivity contribution < 1.29 is 9.90 Å². The van der Waals surface area contributed by atoms with Crippen molar-refractivity contribution in [2.75, 3.05) is 0 Å². The third-order valence-corrected chi connectivity index (χ3v) is 2.19. The first-order valence-electron chi connectivity index (χ1n) is 4.01. The van der Waals surface area contributed by atoms with E-state index in [0.29, 0.717) is 12.3 Å². The molecular weight excluding hydrogens is 167 g/mol. The Balaban J connectivity index is 0.000001000. The van der Waals surface area contributed by atoms with Gasteiger partial charge >= 0.3 is 5.97 Å². The van der Waals surface area contributed by atoms with Gasteiger partial charge in [-0.25, -0.2) is 0 Å². The molecule has 0 saturated heterocycles. The van der Waals surface area contributed by atoms with Crippen LogP contribution in [0.3, 0.4) is 0 Å². The van der Waals surface area contributed by atoms with Gasteiger partial charge in [0, 0.05) is 57.8 Å². The molecule has 0 aromatic rings. The van der Waals surface area contributed by atoms with Crippen LogP contribution in [0.25, 0.3) is 0 Å². The van der Waals surface area contributed by atoms with Crippen LogP contribution in [0.4, 0.5) is 0 Å². The average molecular weight is 181 g/mol. The standard InChI is InChI=1S/C8H14O2.K/c9-8(10)6-7-4-2-1-3-5-7;/h7H,1-6H2,(H,9,10);. The monoisotopic (exact) mass is 181 g/mol. The molecule has 0 bridgehead atoms. The Labute approximate surface area is 110 Å².